The van der Waals surface area contributed by atoms with E-state index in [0.717, 1.165) is 12.8 Å². The van der Waals surface area contributed by atoms with Gasteiger partial charge in [-0.2, -0.15) is 0 Å². The second-order valence-electron chi connectivity index (χ2n) is 6.20. The molecule has 0 atom stereocenters. The van der Waals surface area contributed by atoms with Crippen molar-refractivity contribution < 1.29 is 19.5 Å². The van der Waals surface area contributed by atoms with E-state index in [1.165, 1.54) is 6.07 Å². The van der Waals surface area contributed by atoms with Crippen molar-refractivity contribution in [2.75, 3.05) is 13.1 Å². The van der Waals surface area contributed by atoms with Gasteiger partial charge in [0.1, 0.15) is 0 Å². The molecule has 1 saturated heterocycles. The first-order valence-corrected chi connectivity index (χ1v) is 7.98. The number of piperidine rings is 1. The van der Waals surface area contributed by atoms with E-state index in [2.05, 4.69) is 5.32 Å². The molecular weight excluding hydrogens is 296 g/mol. The number of carbonyl (C=O) groups is 3. The summed E-state index contributed by atoms with van der Waals surface area (Å²) in [6.07, 6.45) is 3.38. The lowest BCUT2D eigenvalue weighted by Crippen LogP contribution is -2.47. The summed E-state index contributed by atoms with van der Waals surface area (Å²) in [4.78, 5) is 37.2. The summed E-state index contributed by atoms with van der Waals surface area (Å²) in [7, 11) is 0. The van der Waals surface area contributed by atoms with Crippen molar-refractivity contribution in [2.45, 2.75) is 31.7 Å². The molecule has 0 aromatic heterocycles. The van der Waals surface area contributed by atoms with E-state index < -0.39 is 5.97 Å². The standard InChI is InChI=1S/C17H20N2O4/c20-15(11-5-6-11)18-12-7-9-19(10-8-12)16(21)13-3-1-2-4-14(13)17(22)23/h1-4,11-12H,5-10H2,(H,18,20)(H,22,23). The van der Waals surface area contributed by atoms with Gasteiger partial charge in [-0.1, -0.05) is 12.1 Å². The molecule has 6 nitrogen and oxygen atoms in total. The van der Waals surface area contributed by atoms with E-state index in [1.54, 1.807) is 23.1 Å². The van der Waals surface area contributed by atoms with Gasteiger partial charge in [-0.25, -0.2) is 4.79 Å². The molecule has 122 valence electrons. The number of carboxylic acid groups (broad SMARTS) is 1. The highest BCUT2D eigenvalue weighted by atomic mass is 16.4. The van der Waals surface area contributed by atoms with Crippen LogP contribution in [-0.4, -0.2) is 46.9 Å². The number of rotatable bonds is 4. The fraction of sp³-hybridized carbons (Fsp3) is 0.471. The van der Waals surface area contributed by atoms with E-state index >= 15 is 0 Å². The molecule has 23 heavy (non-hydrogen) atoms. The molecule has 1 aliphatic carbocycles. The van der Waals surface area contributed by atoms with Gasteiger partial charge in [0.25, 0.3) is 5.91 Å². The fourth-order valence-electron chi connectivity index (χ4n) is 2.92. The second kappa shape index (κ2) is 6.40. The highest BCUT2D eigenvalue weighted by molar-refractivity contribution is 6.04. The topological polar surface area (TPSA) is 86.7 Å². The van der Waals surface area contributed by atoms with Gasteiger partial charge in [0.05, 0.1) is 11.1 Å². The Balaban J connectivity index is 1.60. The van der Waals surface area contributed by atoms with Crippen LogP contribution >= 0.6 is 0 Å². The number of hydrogen-bond acceptors (Lipinski definition) is 3. The maximum Gasteiger partial charge on any atom is 0.336 e. The Morgan fingerprint density at radius 2 is 1.61 bits per heavy atom. The smallest absolute Gasteiger partial charge is 0.336 e. The molecule has 1 aromatic carbocycles. The molecule has 2 amide bonds. The van der Waals surface area contributed by atoms with E-state index in [9.17, 15) is 19.5 Å². The number of likely N-dealkylation sites (tertiary alicyclic amines) is 1. The zero-order chi connectivity index (χ0) is 16.4. The lowest BCUT2D eigenvalue weighted by atomic mass is 10.0. The molecule has 1 heterocycles. The largest absolute Gasteiger partial charge is 0.478 e. The van der Waals surface area contributed by atoms with Crippen LogP contribution in [0.4, 0.5) is 0 Å². The van der Waals surface area contributed by atoms with Crippen molar-refractivity contribution >= 4 is 17.8 Å². The van der Waals surface area contributed by atoms with Gasteiger partial charge < -0.3 is 15.3 Å². The van der Waals surface area contributed by atoms with E-state index in [-0.39, 0.29) is 34.9 Å². The molecule has 0 unspecified atom stereocenters. The average molecular weight is 316 g/mol. The van der Waals surface area contributed by atoms with Gasteiger partial charge in [-0.05, 0) is 37.8 Å². The number of hydrogen-bond donors (Lipinski definition) is 2. The average Bonchev–Trinajstić information content (AvgIpc) is 3.40. The number of amides is 2. The zero-order valence-corrected chi connectivity index (χ0v) is 12.8. The van der Waals surface area contributed by atoms with Crippen LogP contribution in [0.3, 0.4) is 0 Å². The molecule has 1 saturated carbocycles. The summed E-state index contributed by atoms with van der Waals surface area (Å²) in [5.41, 5.74) is 0.252. The molecule has 1 aromatic rings. The van der Waals surface area contributed by atoms with Crippen LogP contribution in [-0.2, 0) is 4.79 Å². The van der Waals surface area contributed by atoms with Crippen LogP contribution in [0.25, 0.3) is 0 Å². The molecule has 1 aliphatic heterocycles. The van der Waals surface area contributed by atoms with Gasteiger partial charge in [0.15, 0.2) is 0 Å². The Morgan fingerprint density at radius 1 is 1.00 bits per heavy atom. The van der Waals surface area contributed by atoms with Gasteiger partial charge in [-0.15, -0.1) is 0 Å². The van der Waals surface area contributed by atoms with Crippen molar-refractivity contribution in [1.82, 2.24) is 10.2 Å². The molecule has 2 fully saturated rings. The number of benzene rings is 1. The normalized spacial score (nSPS) is 18.5. The Kier molecular flexibility index (Phi) is 4.32. The third-order valence-corrected chi connectivity index (χ3v) is 4.46. The molecule has 0 radical (unpaired) electrons. The van der Waals surface area contributed by atoms with Crippen molar-refractivity contribution in [3.8, 4) is 0 Å². The minimum absolute atomic E-state index is 0.0293. The van der Waals surface area contributed by atoms with Crippen molar-refractivity contribution in [3.63, 3.8) is 0 Å². The highest BCUT2D eigenvalue weighted by Gasteiger charge is 2.32. The van der Waals surface area contributed by atoms with Crippen molar-refractivity contribution in [2.24, 2.45) is 5.92 Å². The maximum atomic E-state index is 12.5. The molecule has 6 heteroatoms. The lowest BCUT2D eigenvalue weighted by molar-refractivity contribution is -0.123. The van der Waals surface area contributed by atoms with Gasteiger partial charge in [-0.3, -0.25) is 9.59 Å². The summed E-state index contributed by atoms with van der Waals surface area (Å²) >= 11 is 0. The summed E-state index contributed by atoms with van der Waals surface area (Å²) in [5, 5.41) is 12.2. The van der Waals surface area contributed by atoms with Gasteiger partial charge in [0, 0.05) is 25.0 Å². The van der Waals surface area contributed by atoms with Crippen molar-refractivity contribution in [3.05, 3.63) is 35.4 Å². The van der Waals surface area contributed by atoms with Gasteiger partial charge in [0.2, 0.25) is 5.91 Å². The quantitative estimate of drug-likeness (QED) is 0.881. The Bertz CT molecular complexity index is 631. The predicted molar refractivity (Wildman–Crippen MR) is 83.2 cm³/mol. The fourth-order valence-corrected chi connectivity index (χ4v) is 2.92. The maximum absolute atomic E-state index is 12.5. The molecular formula is C17H20N2O4. The summed E-state index contributed by atoms with van der Waals surface area (Å²) < 4.78 is 0. The van der Waals surface area contributed by atoms with Crippen molar-refractivity contribution in [1.29, 1.82) is 0 Å². The SMILES string of the molecule is O=C(O)c1ccccc1C(=O)N1CCC(NC(=O)C2CC2)CC1. The lowest BCUT2D eigenvalue weighted by Gasteiger charge is -2.32. The van der Waals surface area contributed by atoms with Crippen LogP contribution in [0.1, 0.15) is 46.4 Å². The van der Waals surface area contributed by atoms with Crippen LogP contribution < -0.4 is 5.32 Å². The summed E-state index contributed by atoms with van der Waals surface area (Å²) in [5.74, 6) is -1.03. The molecule has 2 aliphatic rings. The third-order valence-electron chi connectivity index (χ3n) is 4.46. The molecule has 0 spiro atoms. The zero-order valence-electron chi connectivity index (χ0n) is 12.8. The minimum atomic E-state index is -1.10. The Hall–Kier alpha value is -2.37. The van der Waals surface area contributed by atoms with Crippen LogP contribution in [0.2, 0.25) is 0 Å². The third kappa shape index (κ3) is 3.52. The first kappa shape index (κ1) is 15.5. The van der Waals surface area contributed by atoms with Gasteiger partial charge >= 0.3 is 5.97 Å². The van der Waals surface area contributed by atoms with E-state index in [4.69, 9.17) is 0 Å². The monoisotopic (exact) mass is 316 g/mol. The molecule has 2 N–H and O–H groups in total. The Labute approximate surface area is 134 Å². The first-order valence-electron chi connectivity index (χ1n) is 7.98. The van der Waals surface area contributed by atoms with E-state index in [0.29, 0.717) is 25.9 Å². The molecule has 3 rings (SSSR count). The number of aromatic carboxylic acids is 1. The van der Waals surface area contributed by atoms with E-state index in [1.807, 2.05) is 0 Å². The van der Waals surface area contributed by atoms with Crippen LogP contribution in [0.15, 0.2) is 24.3 Å². The summed E-state index contributed by atoms with van der Waals surface area (Å²) in [6.45, 7) is 1.06. The van der Waals surface area contributed by atoms with Crippen LogP contribution in [0, 0.1) is 5.92 Å². The Morgan fingerprint density at radius 3 is 2.17 bits per heavy atom. The number of nitrogens with zero attached hydrogens (tertiary/aromatic N) is 1. The second-order valence-corrected chi connectivity index (χ2v) is 6.20. The number of carboxylic acids is 1. The predicted octanol–water partition coefficient (Wildman–Crippen LogP) is 1.52. The highest BCUT2D eigenvalue weighted by Crippen LogP contribution is 2.29. The number of carbonyl (C=O) groups excluding carboxylic acids is 2. The number of nitrogens with one attached hydrogen (secondary N) is 1. The molecule has 0 bridgehead atoms. The first-order chi connectivity index (χ1) is 11.1. The minimum Gasteiger partial charge on any atom is -0.478 e. The van der Waals surface area contributed by atoms with Crippen LogP contribution in [0.5, 0.6) is 0 Å². The summed E-state index contributed by atoms with van der Waals surface area (Å²) in [6, 6.07) is 6.38.